The minimum atomic E-state index is -0.201. The fraction of sp³-hybridized carbons (Fsp3) is 0.250. The van der Waals surface area contributed by atoms with Crippen molar-refractivity contribution < 1.29 is 14.3 Å². The summed E-state index contributed by atoms with van der Waals surface area (Å²) in [6.07, 6.45) is 3.22. The molecule has 0 saturated heterocycles. The summed E-state index contributed by atoms with van der Waals surface area (Å²) in [5.41, 5.74) is 1.85. The van der Waals surface area contributed by atoms with Crippen molar-refractivity contribution in [2.45, 2.75) is 13.8 Å². The van der Waals surface area contributed by atoms with Gasteiger partial charge in [-0.3, -0.25) is 10.1 Å². The van der Waals surface area contributed by atoms with Gasteiger partial charge in [0.15, 0.2) is 11.9 Å². The molecular weight excluding hydrogens is 300 g/mol. The van der Waals surface area contributed by atoms with Gasteiger partial charge < -0.3 is 9.47 Å². The Morgan fingerprint density at radius 1 is 1.32 bits per heavy atom. The van der Waals surface area contributed by atoms with E-state index in [2.05, 4.69) is 10.3 Å². The summed E-state index contributed by atoms with van der Waals surface area (Å²) in [5.74, 6) is 0.519. The number of anilines is 1. The number of aryl methyl sites for hydroxylation is 2. The Morgan fingerprint density at radius 2 is 2.05 bits per heavy atom. The number of nitrogens with zero attached hydrogens (tertiary/aromatic N) is 1. The predicted molar refractivity (Wildman–Crippen MR) is 88.2 cm³/mol. The van der Waals surface area contributed by atoms with E-state index in [4.69, 9.17) is 9.47 Å². The van der Waals surface area contributed by atoms with Crippen molar-refractivity contribution in [3.63, 3.8) is 0 Å². The van der Waals surface area contributed by atoms with Crippen LogP contribution in [-0.4, -0.2) is 24.8 Å². The number of hydrogen-bond donors (Lipinski definition) is 1. The number of benzene rings is 1. The van der Waals surface area contributed by atoms with Crippen LogP contribution >= 0.6 is 11.3 Å². The van der Waals surface area contributed by atoms with Crippen molar-refractivity contribution in [2.24, 2.45) is 0 Å². The van der Waals surface area contributed by atoms with Gasteiger partial charge in [0.2, 0.25) is 5.91 Å². The Kier molecular flexibility index (Phi) is 5.68. The predicted octanol–water partition coefficient (Wildman–Crippen LogP) is 3.39. The number of amides is 1. The summed E-state index contributed by atoms with van der Waals surface area (Å²) in [6.45, 7) is 4.11. The van der Waals surface area contributed by atoms with Crippen molar-refractivity contribution in [1.29, 1.82) is 0 Å². The van der Waals surface area contributed by atoms with Crippen LogP contribution in [0.15, 0.2) is 30.3 Å². The highest BCUT2D eigenvalue weighted by molar-refractivity contribution is 7.15. The molecule has 0 aliphatic heterocycles. The number of ether oxygens (including phenoxy) is 2. The molecule has 6 heteroatoms. The molecule has 2 aromatic rings. The summed E-state index contributed by atoms with van der Waals surface area (Å²) >= 11 is 1.47. The number of methoxy groups -OCH3 is 1. The average molecular weight is 318 g/mol. The van der Waals surface area contributed by atoms with Crippen molar-refractivity contribution in [1.82, 2.24) is 4.98 Å². The molecule has 1 aromatic heterocycles. The lowest BCUT2D eigenvalue weighted by molar-refractivity contribution is -0.111. The van der Waals surface area contributed by atoms with Gasteiger partial charge in [-0.1, -0.05) is 12.1 Å². The van der Waals surface area contributed by atoms with E-state index in [1.807, 2.05) is 38.1 Å². The quantitative estimate of drug-likeness (QED) is 0.655. The first-order chi connectivity index (χ1) is 10.6. The smallest absolute Gasteiger partial charge is 0.250 e. The molecule has 5 nitrogen and oxygen atoms in total. The maximum absolute atomic E-state index is 11.8. The zero-order chi connectivity index (χ0) is 15.9. The molecule has 0 radical (unpaired) electrons. The molecule has 2 rings (SSSR count). The van der Waals surface area contributed by atoms with Crippen molar-refractivity contribution in [3.8, 4) is 5.75 Å². The van der Waals surface area contributed by atoms with Crippen LogP contribution < -0.4 is 10.1 Å². The van der Waals surface area contributed by atoms with E-state index < -0.39 is 0 Å². The van der Waals surface area contributed by atoms with E-state index in [9.17, 15) is 4.79 Å². The fourth-order valence-electron chi connectivity index (χ4n) is 1.65. The lowest BCUT2D eigenvalue weighted by Crippen LogP contribution is -2.07. The summed E-state index contributed by atoms with van der Waals surface area (Å²) in [4.78, 5) is 17.2. The molecule has 0 fully saturated rings. The van der Waals surface area contributed by atoms with Crippen molar-refractivity contribution in [3.05, 3.63) is 46.5 Å². The van der Waals surface area contributed by atoms with Crippen LogP contribution in [0.1, 0.15) is 16.1 Å². The van der Waals surface area contributed by atoms with Gasteiger partial charge >= 0.3 is 0 Å². The van der Waals surface area contributed by atoms with Gasteiger partial charge in [-0.25, -0.2) is 4.98 Å². The molecule has 22 heavy (non-hydrogen) atoms. The Labute approximate surface area is 133 Å². The number of rotatable bonds is 6. The van der Waals surface area contributed by atoms with Crippen LogP contribution in [0.3, 0.4) is 0 Å². The maximum atomic E-state index is 11.8. The van der Waals surface area contributed by atoms with E-state index >= 15 is 0 Å². The lowest BCUT2D eigenvalue weighted by atomic mass is 10.2. The third-order valence-electron chi connectivity index (χ3n) is 2.91. The number of carbonyl (C=O) groups excluding carboxylic acids is 1. The highest BCUT2D eigenvalue weighted by Crippen LogP contribution is 2.21. The first-order valence-electron chi connectivity index (χ1n) is 6.73. The molecule has 116 valence electrons. The van der Waals surface area contributed by atoms with Crippen LogP contribution in [0.4, 0.5) is 5.13 Å². The van der Waals surface area contributed by atoms with E-state index in [0.29, 0.717) is 5.13 Å². The topological polar surface area (TPSA) is 60.5 Å². The van der Waals surface area contributed by atoms with Crippen LogP contribution in [0, 0.1) is 13.8 Å². The molecule has 0 unspecified atom stereocenters. The Morgan fingerprint density at radius 3 is 2.64 bits per heavy atom. The second-order valence-corrected chi connectivity index (χ2v) is 5.81. The van der Waals surface area contributed by atoms with Gasteiger partial charge in [0.25, 0.3) is 0 Å². The zero-order valence-electron chi connectivity index (χ0n) is 12.8. The third-order valence-corrected chi connectivity index (χ3v) is 3.90. The summed E-state index contributed by atoms with van der Waals surface area (Å²) in [7, 11) is 1.57. The normalized spacial score (nSPS) is 10.9. The first kappa shape index (κ1) is 16.2. The molecule has 1 aromatic carbocycles. The Bertz CT molecular complexity index is 643. The van der Waals surface area contributed by atoms with E-state index in [1.54, 1.807) is 13.2 Å². The van der Waals surface area contributed by atoms with Gasteiger partial charge in [-0.15, -0.1) is 11.3 Å². The molecular formula is C16H18N2O3S. The molecule has 0 aliphatic carbocycles. The SMILES string of the molecule is COCOc1ccc(/C=C/C(=O)Nc2nc(C)c(C)s2)cc1. The lowest BCUT2D eigenvalue weighted by Gasteiger charge is -2.04. The maximum Gasteiger partial charge on any atom is 0.250 e. The molecule has 0 bridgehead atoms. The molecule has 1 heterocycles. The molecule has 0 atom stereocenters. The number of carbonyl (C=O) groups is 1. The minimum Gasteiger partial charge on any atom is -0.468 e. The number of aromatic nitrogens is 1. The average Bonchev–Trinajstić information content (AvgIpc) is 2.82. The molecule has 1 amide bonds. The van der Waals surface area contributed by atoms with Crippen LogP contribution in [0.5, 0.6) is 5.75 Å². The van der Waals surface area contributed by atoms with Crippen LogP contribution in [0.2, 0.25) is 0 Å². The largest absolute Gasteiger partial charge is 0.468 e. The highest BCUT2D eigenvalue weighted by atomic mass is 32.1. The van der Waals surface area contributed by atoms with Crippen molar-refractivity contribution in [2.75, 3.05) is 19.2 Å². The monoisotopic (exact) mass is 318 g/mol. The second kappa shape index (κ2) is 7.72. The summed E-state index contributed by atoms with van der Waals surface area (Å²) in [6, 6.07) is 7.38. The summed E-state index contributed by atoms with van der Waals surface area (Å²) < 4.78 is 10.1. The first-order valence-corrected chi connectivity index (χ1v) is 7.55. The molecule has 0 aliphatic rings. The van der Waals surface area contributed by atoms with Gasteiger partial charge in [-0.05, 0) is 37.6 Å². The van der Waals surface area contributed by atoms with E-state index in [1.165, 1.54) is 17.4 Å². The molecule has 0 saturated carbocycles. The molecule has 1 N–H and O–H groups in total. The Hall–Kier alpha value is -2.18. The molecule has 0 spiro atoms. The standard InChI is InChI=1S/C16H18N2O3S/c1-11-12(2)22-16(17-11)18-15(19)9-6-13-4-7-14(8-5-13)21-10-20-3/h4-9H,10H2,1-3H3,(H,17,18,19)/b9-6+. The zero-order valence-corrected chi connectivity index (χ0v) is 13.6. The number of hydrogen-bond acceptors (Lipinski definition) is 5. The minimum absolute atomic E-state index is 0.201. The number of nitrogens with one attached hydrogen (secondary N) is 1. The Balaban J connectivity index is 1.91. The van der Waals surface area contributed by atoms with Gasteiger partial charge in [0, 0.05) is 18.1 Å². The van der Waals surface area contributed by atoms with E-state index in [0.717, 1.165) is 21.9 Å². The van der Waals surface area contributed by atoms with Gasteiger partial charge in [0.05, 0.1) is 5.69 Å². The van der Waals surface area contributed by atoms with Gasteiger partial charge in [0.1, 0.15) is 5.75 Å². The van der Waals surface area contributed by atoms with Crippen LogP contribution in [0.25, 0.3) is 6.08 Å². The third kappa shape index (κ3) is 4.68. The van der Waals surface area contributed by atoms with Crippen molar-refractivity contribution >= 4 is 28.5 Å². The van der Waals surface area contributed by atoms with E-state index in [-0.39, 0.29) is 12.7 Å². The second-order valence-electron chi connectivity index (χ2n) is 4.60. The fourth-order valence-corrected chi connectivity index (χ4v) is 2.46. The highest BCUT2D eigenvalue weighted by Gasteiger charge is 2.05. The van der Waals surface area contributed by atoms with Crippen LogP contribution in [-0.2, 0) is 9.53 Å². The number of thiazole rings is 1. The van der Waals surface area contributed by atoms with Gasteiger partial charge in [-0.2, -0.15) is 0 Å². The summed E-state index contributed by atoms with van der Waals surface area (Å²) in [5, 5.41) is 3.37.